The van der Waals surface area contributed by atoms with Gasteiger partial charge in [0.15, 0.2) is 0 Å². The van der Waals surface area contributed by atoms with Crippen LogP contribution in [0.15, 0.2) is 91.1 Å². The van der Waals surface area contributed by atoms with Crippen LogP contribution in [0.25, 0.3) is 11.0 Å². The number of amides is 1. The number of para-hydroxylation sites is 2. The molecule has 4 rings (SSSR count). The van der Waals surface area contributed by atoms with Crippen LogP contribution in [-0.2, 0) is 26.2 Å². The molecule has 3 aromatic carbocycles. The lowest BCUT2D eigenvalue weighted by molar-refractivity contribution is -0.145. The molecule has 0 saturated heterocycles. The summed E-state index contributed by atoms with van der Waals surface area (Å²) in [5.41, 5.74) is 2.71. The minimum atomic E-state index is -1.01. The monoisotopic (exact) mass is 439 g/mol. The quantitative estimate of drug-likeness (QED) is 0.443. The summed E-state index contributed by atoms with van der Waals surface area (Å²) >= 11 is 0. The van der Waals surface area contributed by atoms with Gasteiger partial charge in [-0.3, -0.25) is 9.78 Å². The number of hydrogen-bond donors (Lipinski definition) is 1. The van der Waals surface area contributed by atoms with E-state index < -0.39 is 17.4 Å². The van der Waals surface area contributed by atoms with Crippen LogP contribution in [0.1, 0.15) is 23.7 Å². The van der Waals surface area contributed by atoms with E-state index in [1.165, 1.54) is 7.11 Å². The predicted molar refractivity (Wildman–Crippen MR) is 127 cm³/mol. The number of benzene rings is 3. The summed E-state index contributed by atoms with van der Waals surface area (Å²) in [6.07, 6.45) is 1.79. The van der Waals surface area contributed by atoms with Gasteiger partial charge in [-0.15, -0.1) is 0 Å². The molecule has 0 spiro atoms. The van der Waals surface area contributed by atoms with Gasteiger partial charge in [0.2, 0.25) is 5.91 Å². The number of nitrogens with one attached hydrogen (secondary N) is 1. The summed E-state index contributed by atoms with van der Waals surface area (Å²) < 4.78 is 5.00. The van der Waals surface area contributed by atoms with Crippen molar-refractivity contribution < 1.29 is 14.3 Å². The Bertz CT molecular complexity index is 1220. The van der Waals surface area contributed by atoms with Crippen molar-refractivity contribution in [3.8, 4) is 0 Å². The highest BCUT2D eigenvalue weighted by molar-refractivity contribution is 5.94. The molecule has 0 fully saturated rings. The van der Waals surface area contributed by atoms with Gasteiger partial charge in [-0.25, -0.2) is 9.78 Å². The number of hydrogen-bond acceptors (Lipinski definition) is 5. The highest BCUT2D eigenvalue weighted by atomic mass is 16.5. The molecule has 0 saturated carbocycles. The molecule has 6 nitrogen and oxygen atoms in total. The van der Waals surface area contributed by atoms with Crippen molar-refractivity contribution in [2.24, 2.45) is 0 Å². The molecule has 0 aliphatic heterocycles. The second-order valence-electron chi connectivity index (χ2n) is 7.96. The van der Waals surface area contributed by atoms with Gasteiger partial charge >= 0.3 is 5.97 Å². The van der Waals surface area contributed by atoms with Gasteiger partial charge < -0.3 is 10.1 Å². The first-order valence-corrected chi connectivity index (χ1v) is 10.7. The fourth-order valence-electron chi connectivity index (χ4n) is 3.91. The molecule has 33 heavy (non-hydrogen) atoms. The van der Waals surface area contributed by atoms with Crippen LogP contribution in [0.4, 0.5) is 0 Å². The van der Waals surface area contributed by atoms with E-state index in [4.69, 9.17) is 4.74 Å². The second-order valence-corrected chi connectivity index (χ2v) is 7.96. The molecule has 6 heteroatoms. The smallest absolute Gasteiger partial charge is 0.328 e. The Morgan fingerprint density at radius 2 is 1.42 bits per heavy atom. The van der Waals surface area contributed by atoms with Gasteiger partial charge in [0, 0.05) is 12.6 Å². The third-order valence-electron chi connectivity index (χ3n) is 5.86. The largest absolute Gasteiger partial charge is 0.467 e. The van der Waals surface area contributed by atoms with Crippen molar-refractivity contribution in [1.82, 2.24) is 15.3 Å². The molecule has 1 heterocycles. The van der Waals surface area contributed by atoms with Gasteiger partial charge in [0.05, 0.1) is 29.3 Å². The summed E-state index contributed by atoms with van der Waals surface area (Å²) in [5, 5.41) is 2.92. The van der Waals surface area contributed by atoms with Crippen molar-refractivity contribution in [2.75, 3.05) is 7.11 Å². The predicted octanol–water partition coefficient (Wildman–Crippen LogP) is 3.84. The zero-order chi connectivity index (χ0) is 23.3. The van der Waals surface area contributed by atoms with Crippen molar-refractivity contribution in [3.63, 3.8) is 0 Å². The lowest BCUT2D eigenvalue weighted by Gasteiger charge is -2.31. The number of aromatic nitrogens is 2. The Hall–Kier alpha value is -4.06. The number of nitrogens with zero attached hydrogens (tertiary/aromatic N) is 2. The molecule has 4 aromatic rings. The van der Waals surface area contributed by atoms with Crippen LogP contribution in [0.2, 0.25) is 0 Å². The van der Waals surface area contributed by atoms with E-state index in [2.05, 4.69) is 15.3 Å². The molecule has 0 aliphatic rings. The molecule has 0 radical (unpaired) electrons. The number of esters is 1. The number of methoxy groups -OCH3 is 1. The number of carbonyl (C=O) groups is 2. The molecule has 1 N–H and O–H groups in total. The van der Waals surface area contributed by atoms with Gasteiger partial charge in [-0.05, 0) is 30.2 Å². The maximum atomic E-state index is 13.7. The van der Waals surface area contributed by atoms with E-state index >= 15 is 0 Å². The van der Waals surface area contributed by atoms with Gasteiger partial charge in [-0.2, -0.15) is 0 Å². The van der Waals surface area contributed by atoms with Gasteiger partial charge in [0.25, 0.3) is 0 Å². The van der Waals surface area contributed by atoms with E-state index in [0.29, 0.717) is 5.69 Å². The molecule has 0 bridgehead atoms. The van der Waals surface area contributed by atoms with Crippen LogP contribution in [-0.4, -0.2) is 35.0 Å². The SMILES string of the molecule is COC(=O)[C@H](Cc1cnc2ccccc2n1)NC(=O)C(C)(c1ccccc1)c1ccccc1. The normalized spacial score (nSPS) is 12.2. The average Bonchev–Trinajstić information content (AvgIpc) is 2.88. The first-order valence-electron chi connectivity index (χ1n) is 10.7. The molecule has 1 aromatic heterocycles. The molecular weight excluding hydrogens is 414 g/mol. The van der Waals surface area contributed by atoms with E-state index in [-0.39, 0.29) is 12.3 Å². The minimum Gasteiger partial charge on any atom is -0.467 e. The zero-order valence-electron chi connectivity index (χ0n) is 18.6. The Morgan fingerprint density at radius 3 is 2.00 bits per heavy atom. The zero-order valence-corrected chi connectivity index (χ0v) is 18.6. The van der Waals surface area contributed by atoms with E-state index in [0.717, 1.165) is 22.2 Å². The number of carbonyl (C=O) groups excluding carboxylic acids is 2. The number of fused-ring (bicyclic) bond motifs is 1. The summed E-state index contributed by atoms with van der Waals surface area (Å²) in [6.45, 7) is 1.86. The lowest BCUT2D eigenvalue weighted by atomic mass is 9.75. The lowest BCUT2D eigenvalue weighted by Crippen LogP contribution is -2.51. The summed E-state index contributed by atoms with van der Waals surface area (Å²) in [4.78, 5) is 35.4. The molecule has 1 amide bonds. The summed E-state index contributed by atoms with van der Waals surface area (Å²) in [5.74, 6) is -0.842. The molecule has 0 unspecified atom stereocenters. The van der Waals surface area contributed by atoms with Crippen LogP contribution >= 0.6 is 0 Å². The first-order chi connectivity index (χ1) is 16.0. The first kappa shape index (κ1) is 22.1. The third kappa shape index (κ3) is 4.60. The maximum Gasteiger partial charge on any atom is 0.328 e. The molecule has 166 valence electrons. The van der Waals surface area contributed by atoms with E-state index in [9.17, 15) is 9.59 Å². The average molecular weight is 440 g/mol. The highest BCUT2D eigenvalue weighted by Gasteiger charge is 2.39. The van der Waals surface area contributed by atoms with Gasteiger partial charge in [0.1, 0.15) is 6.04 Å². The van der Waals surface area contributed by atoms with Crippen molar-refractivity contribution in [1.29, 1.82) is 0 Å². The van der Waals surface area contributed by atoms with E-state index in [1.807, 2.05) is 91.9 Å². The Morgan fingerprint density at radius 1 is 0.879 bits per heavy atom. The highest BCUT2D eigenvalue weighted by Crippen LogP contribution is 2.32. The maximum absolute atomic E-state index is 13.7. The summed E-state index contributed by atoms with van der Waals surface area (Å²) in [6, 6.07) is 25.6. The topological polar surface area (TPSA) is 81.2 Å². The standard InChI is InChI=1S/C27H25N3O3/c1-27(19-11-5-3-6-12-19,20-13-7-4-8-14-20)26(32)30-24(25(31)33-2)17-21-18-28-22-15-9-10-16-23(22)29-21/h3-16,18,24H,17H2,1-2H3,(H,30,32)/t24-/m0/s1. The summed E-state index contributed by atoms with van der Waals surface area (Å²) in [7, 11) is 1.31. The molecule has 0 aliphatic carbocycles. The van der Waals surface area contributed by atoms with Crippen LogP contribution in [0, 0.1) is 0 Å². The van der Waals surface area contributed by atoms with E-state index in [1.54, 1.807) is 6.20 Å². The molecular formula is C27H25N3O3. The Labute approximate surface area is 192 Å². The van der Waals surface area contributed by atoms with Gasteiger partial charge in [-0.1, -0.05) is 72.8 Å². The Kier molecular flexibility index (Phi) is 6.45. The van der Waals surface area contributed by atoms with Crippen LogP contribution in [0.3, 0.4) is 0 Å². The third-order valence-corrected chi connectivity index (χ3v) is 5.86. The second kappa shape index (κ2) is 9.61. The molecule has 1 atom stereocenters. The number of rotatable bonds is 7. The number of ether oxygens (including phenoxy) is 1. The van der Waals surface area contributed by atoms with Crippen LogP contribution in [0.5, 0.6) is 0 Å². The minimum absolute atomic E-state index is 0.163. The fraction of sp³-hybridized carbons (Fsp3) is 0.185. The van der Waals surface area contributed by atoms with Crippen molar-refractivity contribution in [3.05, 3.63) is 108 Å². The van der Waals surface area contributed by atoms with Crippen molar-refractivity contribution >= 4 is 22.9 Å². The van der Waals surface area contributed by atoms with Crippen LogP contribution < -0.4 is 5.32 Å². The Balaban J connectivity index is 1.66. The van der Waals surface area contributed by atoms with Crippen molar-refractivity contribution in [2.45, 2.75) is 24.8 Å². The fourth-order valence-corrected chi connectivity index (χ4v) is 3.91.